The van der Waals surface area contributed by atoms with Gasteiger partial charge in [-0.15, -0.1) is 0 Å². The van der Waals surface area contributed by atoms with Crippen LogP contribution in [0.2, 0.25) is 0 Å². The van der Waals surface area contributed by atoms with Crippen LogP contribution in [0.1, 0.15) is 30.1 Å². The van der Waals surface area contributed by atoms with Gasteiger partial charge in [0, 0.05) is 31.7 Å². The van der Waals surface area contributed by atoms with E-state index in [0.717, 1.165) is 32.5 Å². The summed E-state index contributed by atoms with van der Waals surface area (Å²) in [4.78, 5) is 16.6. The molecule has 0 saturated carbocycles. The van der Waals surface area contributed by atoms with Crippen LogP contribution in [-0.2, 0) is 0 Å². The van der Waals surface area contributed by atoms with Gasteiger partial charge in [0.15, 0.2) is 0 Å². The molecule has 0 unspecified atom stereocenters. The van der Waals surface area contributed by atoms with Gasteiger partial charge in [0.2, 0.25) is 0 Å². The lowest BCUT2D eigenvalue weighted by Crippen LogP contribution is -2.45. The number of aromatic hydroxyl groups is 1. The number of amides is 1. The Morgan fingerprint density at radius 1 is 1.42 bits per heavy atom. The van der Waals surface area contributed by atoms with Gasteiger partial charge in [0.05, 0.1) is 0 Å². The Bertz CT molecular complexity index is 440. The van der Waals surface area contributed by atoms with Gasteiger partial charge in [-0.2, -0.15) is 0 Å². The Morgan fingerprint density at radius 3 is 2.68 bits per heavy atom. The topological polar surface area (TPSA) is 43.8 Å². The average Bonchev–Trinajstić information content (AvgIpc) is 2.46. The highest BCUT2D eigenvalue weighted by Crippen LogP contribution is 2.19. The molecule has 2 rings (SSSR count). The second kappa shape index (κ2) is 6.06. The molecule has 1 saturated heterocycles. The molecule has 4 nitrogen and oxygen atoms in total. The van der Waals surface area contributed by atoms with Crippen LogP contribution in [0.3, 0.4) is 0 Å². The first-order valence-electron chi connectivity index (χ1n) is 6.90. The summed E-state index contributed by atoms with van der Waals surface area (Å²) < 4.78 is 0. The molecule has 1 heterocycles. The molecule has 1 amide bonds. The lowest BCUT2D eigenvalue weighted by atomic mass is 10.0. The molecule has 0 bridgehead atoms. The molecular formula is C15H22N2O2. The van der Waals surface area contributed by atoms with Crippen molar-refractivity contribution in [2.75, 3.05) is 26.7 Å². The zero-order valence-corrected chi connectivity index (χ0v) is 11.7. The van der Waals surface area contributed by atoms with E-state index in [9.17, 15) is 9.90 Å². The summed E-state index contributed by atoms with van der Waals surface area (Å²) in [5.74, 6) is 0.130. The smallest absolute Gasteiger partial charge is 0.253 e. The van der Waals surface area contributed by atoms with Gasteiger partial charge in [0.1, 0.15) is 5.75 Å². The van der Waals surface area contributed by atoms with E-state index in [-0.39, 0.29) is 11.7 Å². The molecule has 4 heteroatoms. The van der Waals surface area contributed by atoms with Gasteiger partial charge >= 0.3 is 0 Å². The highest BCUT2D eigenvalue weighted by molar-refractivity contribution is 5.94. The Kier molecular flexibility index (Phi) is 4.43. The third kappa shape index (κ3) is 3.26. The van der Waals surface area contributed by atoms with Crippen LogP contribution in [0.5, 0.6) is 5.75 Å². The zero-order chi connectivity index (χ0) is 13.8. The second-order valence-electron chi connectivity index (χ2n) is 5.13. The maximum absolute atomic E-state index is 12.3. The first-order chi connectivity index (χ1) is 9.11. The lowest BCUT2D eigenvalue weighted by Gasteiger charge is -2.36. The maximum atomic E-state index is 12.3. The number of likely N-dealkylation sites (tertiary alicyclic amines) is 1. The van der Waals surface area contributed by atoms with Crippen molar-refractivity contribution < 1.29 is 9.90 Å². The molecule has 1 aromatic carbocycles. The number of benzene rings is 1. The lowest BCUT2D eigenvalue weighted by molar-refractivity contribution is 0.0646. The summed E-state index contributed by atoms with van der Waals surface area (Å²) in [6.45, 7) is 5.36. The summed E-state index contributed by atoms with van der Waals surface area (Å²) >= 11 is 0. The van der Waals surface area contributed by atoms with Crippen molar-refractivity contribution >= 4 is 5.91 Å². The number of phenols is 1. The number of hydrogen-bond donors (Lipinski definition) is 1. The number of hydrogen-bond acceptors (Lipinski definition) is 3. The molecule has 19 heavy (non-hydrogen) atoms. The zero-order valence-electron chi connectivity index (χ0n) is 11.7. The summed E-state index contributed by atoms with van der Waals surface area (Å²) in [7, 11) is 1.86. The number of rotatable bonds is 3. The molecule has 1 N–H and O–H groups in total. The highest BCUT2D eigenvalue weighted by Gasteiger charge is 2.25. The normalized spacial score (nSPS) is 17.4. The minimum atomic E-state index is -0.00847. The summed E-state index contributed by atoms with van der Waals surface area (Å²) in [5.41, 5.74) is 0.556. The number of phenolic OH excluding ortho intramolecular Hbond substituents is 1. The van der Waals surface area contributed by atoms with Crippen molar-refractivity contribution in [2.45, 2.75) is 25.8 Å². The fourth-order valence-electron chi connectivity index (χ4n) is 2.63. The van der Waals surface area contributed by atoms with Crippen molar-refractivity contribution in [3.63, 3.8) is 0 Å². The molecule has 0 aliphatic carbocycles. The monoisotopic (exact) mass is 262 g/mol. The molecule has 104 valence electrons. The Hall–Kier alpha value is -1.55. The second-order valence-corrected chi connectivity index (χ2v) is 5.13. The van der Waals surface area contributed by atoms with E-state index in [1.54, 1.807) is 18.2 Å². The highest BCUT2D eigenvalue weighted by atomic mass is 16.3. The van der Waals surface area contributed by atoms with Crippen LogP contribution in [-0.4, -0.2) is 53.5 Å². The molecule has 0 radical (unpaired) electrons. The number of carbonyl (C=O) groups excluding carboxylic acids is 1. The van der Waals surface area contributed by atoms with Crippen molar-refractivity contribution in [1.82, 2.24) is 9.80 Å². The fraction of sp³-hybridized carbons (Fsp3) is 0.533. The quantitative estimate of drug-likeness (QED) is 0.905. The summed E-state index contributed by atoms with van der Waals surface area (Å²) in [6.07, 6.45) is 2.05. The van der Waals surface area contributed by atoms with Crippen LogP contribution in [0.4, 0.5) is 0 Å². The third-order valence-electron chi connectivity index (χ3n) is 3.97. The van der Waals surface area contributed by atoms with Crippen LogP contribution in [0.15, 0.2) is 24.3 Å². The third-order valence-corrected chi connectivity index (χ3v) is 3.97. The van der Waals surface area contributed by atoms with Crippen LogP contribution < -0.4 is 0 Å². The predicted octanol–water partition coefficient (Wildman–Crippen LogP) is 1.95. The maximum Gasteiger partial charge on any atom is 0.253 e. The van der Waals surface area contributed by atoms with E-state index in [0.29, 0.717) is 11.6 Å². The predicted molar refractivity (Wildman–Crippen MR) is 75.3 cm³/mol. The SMILES string of the molecule is CCN1CCC(N(C)C(=O)c2cccc(O)c2)CC1. The molecule has 1 fully saturated rings. The summed E-state index contributed by atoms with van der Waals surface area (Å²) in [5, 5.41) is 9.44. The van der Waals surface area contributed by atoms with Crippen molar-refractivity contribution in [3.05, 3.63) is 29.8 Å². The number of nitrogens with zero attached hydrogens (tertiary/aromatic N) is 2. The average molecular weight is 262 g/mol. The van der Waals surface area contributed by atoms with Crippen LogP contribution in [0.25, 0.3) is 0 Å². The molecule has 0 spiro atoms. The van der Waals surface area contributed by atoms with Gasteiger partial charge in [-0.05, 0) is 37.6 Å². The first kappa shape index (κ1) is 13.9. The van der Waals surface area contributed by atoms with E-state index in [1.165, 1.54) is 6.07 Å². The molecular weight excluding hydrogens is 240 g/mol. The van der Waals surface area contributed by atoms with Crippen LogP contribution in [0, 0.1) is 0 Å². The van der Waals surface area contributed by atoms with Gasteiger partial charge < -0.3 is 14.9 Å². The molecule has 1 aromatic rings. The van der Waals surface area contributed by atoms with E-state index >= 15 is 0 Å². The Morgan fingerprint density at radius 2 is 2.11 bits per heavy atom. The van der Waals surface area contributed by atoms with Crippen molar-refractivity contribution in [2.24, 2.45) is 0 Å². The van der Waals surface area contributed by atoms with Gasteiger partial charge in [0.25, 0.3) is 5.91 Å². The number of piperidine rings is 1. The van der Waals surface area contributed by atoms with Gasteiger partial charge in [-0.3, -0.25) is 4.79 Å². The minimum Gasteiger partial charge on any atom is -0.508 e. The fourth-order valence-corrected chi connectivity index (χ4v) is 2.63. The van der Waals surface area contributed by atoms with E-state index in [2.05, 4.69) is 11.8 Å². The standard InChI is InChI=1S/C15H22N2O2/c1-3-17-9-7-13(8-10-17)16(2)15(19)12-5-4-6-14(18)11-12/h4-6,11,13,18H,3,7-10H2,1-2H3. The molecule has 1 aliphatic heterocycles. The molecule has 1 aliphatic rings. The molecule has 0 atom stereocenters. The largest absolute Gasteiger partial charge is 0.508 e. The number of carbonyl (C=O) groups is 1. The Labute approximate surface area is 114 Å². The molecule has 0 aromatic heterocycles. The summed E-state index contributed by atoms with van der Waals surface area (Å²) in [6, 6.07) is 6.87. The van der Waals surface area contributed by atoms with Gasteiger partial charge in [-0.25, -0.2) is 0 Å². The van der Waals surface area contributed by atoms with Gasteiger partial charge in [-0.1, -0.05) is 13.0 Å². The van der Waals surface area contributed by atoms with E-state index < -0.39 is 0 Å². The minimum absolute atomic E-state index is 0.00847. The van der Waals surface area contributed by atoms with Crippen LogP contribution >= 0.6 is 0 Å². The van der Waals surface area contributed by atoms with E-state index in [4.69, 9.17) is 0 Å². The van der Waals surface area contributed by atoms with Crippen molar-refractivity contribution in [1.29, 1.82) is 0 Å². The van der Waals surface area contributed by atoms with E-state index in [1.807, 2.05) is 11.9 Å². The van der Waals surface area contributed by atoms with Crippen molar-refractivity contribution in [3.8, 4) is 5.75 Å². The first-order valence-corrected chi connectivity index (χ1v) is 6.90. The Balaban J connectivity index is 2.00.